The molecule has 0 aliphatic carbocycles. The van der Waals surface area contributed by atoms with E-state index in [0.717, 1.165) is 6.07 Å². The minimum Gasteiger partial charge on any atom is -0.467 e. The average Bonchev–Trinajstić information content (AvgIpc) is 3.57. The summed E-state index contributed by atoms with van der Waals surface area (Å²) in [7, 11) is -4.30. The molecule has 1 saturated heterocycles. The standard InChI is InChI=1S/C32H35Cl2N3O13S/c1-19-32(42,20-6-4-7-21(33)12-20)50-17-31(2,3)37(19)30(41)49-18-48-28(39)15-27(38)46-10-11-47-29(40)23-13-26(51(35,43)44)24(34)14-25(23)36-16-22-8-5-9-45-22/h4-9,12-14,19,36,42H,10-11,15-18H2,1-3H3,(H2,35,43,44). The monoisotopic (exact) mass is 771 g/mol. The number of carbonyl (C=O) groups is 4. The van der Waals surface area contributed by atoms with Crippen molar-refractivity contribution in [3.63, 3.8) is 0 Å². The summed E-state index contributed by atoms with van der Waals surface area (Å²) in [6.45, 7) is 3.18. The van der Waals surface area contributed by atoms with E-state index in [9.17, 15) is 32.7 Å². The molecule has 3 aromatic rings. The molecular weight excluding hydrogens is 737 g/mol. The van der Waals surface area contributed by atoms with Gasteiger partial charge in [0.1, 0.15) is 30.3 Å². The Kier molecular flexibility index (Phi) is 12.6. The zero-order chi connectivity index (χ0) is 37.6. The second kappa shape index (κ2) is 16.3. The van der Waals surface area contributed by atoms with E-state index in [4.69, 9.17) is 56.4 Å². The van der Waals surface area contributed by atoms with E-state index in [1.54, 1.807) is 51.1 Å². The number of nitrogens with zero attached hydrogens (tertiary/aromatic N) is 1. The molecule has 0 bridgehead atoms. The van der Waals surface area contributed by atoms with E-state index < -0.39 is 82.7 Å². The molecule has 51 heavy (non-hydrogen) atoms. The van der Waals surface area contributed by atoms with Gasteiger partial charge in [0.05, 0.1) is 47.3 Å². The third kappa shape index (κ3) is 9.90. The van der Waals surface area contributed by atoms with Gasteiger partial charge in [-0.25, -0.2) is 23.1 Å². The lowest BCUT2D eigenvalue weighted by Gasteiger charge is -2.52. The van der Waals surface area contributed by atoms with Gasteiger partial charge < -0.3 is 38.5 Å². The van der Waals surface area contributed by atoms with Gasteiger partial charge in [0, 0.05) is 10.6 Å². The van der Waals surface area contributed by atoms with Crippen LogP contribution >= 0.6 is 23.2 Å². The first-order chi connectivity index (χ1) is 23.9. The van der Waals surface area contributed by atoms with Gasteiger partial charge in [-0.15, -0.1) is 0 Å². The van der Waals surface area contributed by atoms with Gasteiger partial charge >= 0.3 is 24.0 Å². The highest BCUT2D eigenvalue weighted by atomic mass is 35.5. The lowest BCUT2D eigenvalue weighted by Crippen LogP contribution is -2.66. The lowest BCUT2D eigenvalue weighted by molar-refractivity contribution is -0.295. The average molecular weight is 773 g/mol. The van der Waals surface area contributed by atoms with E-state index >= 15 is 0 Å². The Balaban J connectivity index is 1.24. The maximum Gasteiger partial charge on any atom is 0.413 e. The van der Waals surface area contributed by atoms with Gasteiger partial charge in [0.25, 0.3) is 0 Å². The van der Waals surface area contributed by atoms with Crippen LogP contribution in [-0.4, -0.2) is 80.6 Å². The molecule has 1 aromatic heterocycles. The van der Waals surface area contributed by atoms with E-state index in [0.29, 0.717) is 16.3 Å². The number of benzene rings is 2. The first kappa shape index (κ1) is 39.4. The molecule has 1 aliphatic rings. The molecular formula is C32H35Cl2N3O13S. The molecule has 1 fully saturated rings. The summed E-state index contributed by atoms with van der Waals surface area (Å²) in [5, 5.41) is 19.6. The summed E-state index contributed by atoms with van der Waals surface area (Å²) >= 11 is 12.2. The Morgan fingerprint density at radius 3 is 2.39 bits per heavy atom. The van der Waals surface area contributed by atoms with Gasteiger partial charge in [-0.3, -0.25) is 14.5 Å². The predicted molar refractivity (Wildman–Crippen MR) is 179 cm³/mol. The topological polar surface area (TPSA) is 223 Å². The minimum atomic E-state index is -4.30. The Hall–Kier alpha value is -4.39. The highest BCUT2D eigenvalue weighted by Crippen LogP contribution is 2.40. The normalized spacial score (nSPS) is 18.4. The van der Waals surface area contributed by atoms with E-state index in [1.807, 2.05) is 0 Å². The molecule has 2 heterocycles. The molecule has 276 valence electrons. The largest absolute Gasteiger partial charge is 0.467 e. The van der Waals surface area contributed by atoms with E-state index in [-0.39, 0.29) is 29.4 Å². The molecule has 4 rings (SSSR count). The van der Waals surface area contributed by atoms with Crippen LogP contribution in [0.15, 0.2) is 64.1 Å². The third-order valence-corrected chi connectivity index (χ3v) is 9.20. The van der Waals surface area contributed by atoms with Crippen molar-refractivity contribution in [1.29, 1.82) is 0 Å². The fourth-order valence-electron chi connectivity index (χ4n) is 5.10. The molecule has 0 saturated carbocycles. The quantitative estimate of drug-likeness (QED) is 0.0737. The van der Waals surface area contributed by atoms with E-state index in [1.165, 1.54) is 23.3 Å². The van der Waals surface area contributed by atoms with Crippen LogP contribution in [-0.2, 0) is 55.6 Å². The highest BCUT2D eigenvalue weighted by molar-refractivity contribution is 7.89. The van der Waals surface area contributed by atoms with Crippen molar-refractivity contribution in [2.45, 2.75) is 56.0 Å². The number of furan rings is 1. The fraction of sp³-hybridized carbons (Fsp3) is 0.375. The minimum absolute atomic E-state index is 0.0728. The number of primary sulfonamides is 1. The summed E-state index contributed by atoms with van der Waals surface area (Å²) in [4.78, 5) is 51.0. The van der Waals surface area contributed by atoms with Crippen LogP contribution in [0.2, 0.25) is 10.0 Å². The van der Waals surface area contributed by atoms with Gasteiger partial charge in [-0.05, 0) is 57.2 Å². The smallest absolute Gasteiger partial charge is 0.413 e. The molecule has 0 radical (unpaired) electrons. The number of hydrogen-bond acceptors (Lipinski definition) is 14. The zero-order valence-corrected chi connectivity index (χ0v) is 29.9. The summed E-state index contributed by atoms with van der Waals surface area (Å²) in [5.74, 6) is -4.54. The van der Waals surface area contributed by atoms with Crippen molar-refractivity contribution in [2.75, 3.05) is 31.9 Å². The van der Waals surface area contributed by atoms with Gasteiger partial charge in [0.2, 0.25) is 22.6 Å². The number of nitrogens with one attached hydrogen (secondary N) is 1. The third-order valence-electron chi connectivity index (χ3n) is 7.59. The Morgan fingerprint density at radius 1 is 1.02 bits per heavy atom. The summed E-state index contributed by atoms with van der Waals surface area (Å²) < 4.78 is 54.9. The number of aliphatic hydroxyl groups is 1. The van der Waals surface area contributed by atoms with Crippen molar-refractivity contribution in [3.8, 4) is 0 Å². The summed E-state index contributed by atoms with van der Waals surface area (Å²) in [6.07, 6.45) is -0.350. The van der Waals surface area contributed by atoms with Gasteiger partial charge in [-0.2, -0.15) is 0 Å². The second-order valence-electron chi connectivity index (χ2n) is 11.7. The van der Waals surface area contributed by atoms with Crippen LogP contribution in [0.5, 0.6) is 0 Å². The predicted octanol–water partition coefficient (Wildman–Crippen LogP) is 3.92. The fourth-order valence-corrected chi connectivity index (χ4v) is 6.39. The molecule has 4 N–H and O–H groups in total. The maximum atomic E-state index is 13.1. The number of amides is 1. The van der Waals surface area contributed by atoms with Gasteiger partial charge in [-0.1, -0.05) is 35.3 Å². The number of halogens is 2. The van der Waals surface area contributed by atoms with Crippen LogP contribution in [0.4, 0.5) is 10.5 Å². The van der Waals surface area contributed by atoms with Crippen molar-refractivity contribution in [1.82, 2.24) is 4.90 Å². The Bertz CT molecular complexity index is 1870. The van der Waals surface area contributed by atoms with Crippen molar-refractivity contribution < 1.29 is 60.8 Å². The number of ether oxygens (including phenoxy) is 5. The summed E-state index contributed by atoms with van der Waals surface area (Å²) in [6, 6.07) is 10.8. The zero-order valence-electron chi connectivity index (χ0n) is 27.6. The first-order valence-corrected chi connectivity index (χ1v) is 17.4. The first-order valence-electron chi connectivity index (χ1n) is 15.1. The van der Waals surface area contributed by atoms with E-state index in [2.05, 4.69) is 5.32 Å². The van der Waals surface area contributed by atoms with Crippen molar-refractivity contribution >= 4 is 62.9 Å². The second-order valence-corrected chi connectivity index (χ2v) is 14.1. The molecule has 16 nitrogen and oxygen atoms in total. The van der Waals surface area contributed by atoms with Crippen LogP contribution in [0, 0.1) is 0 Å². The molecule has 2 atom stereocenters. The molecule has 1 aliphatic heterocycles. The number of anilines is 1. The number of morpholine rings is 1. The molecule has 1 amide bonds. The molecule has 2 unspecified atom stereocenters. The molecule has 2 aromatic carbocycles. The van der Waals surface area contributed by atoms with Crippen LogP contribution in [0.1, 0.15) is 48.9 Å². The Morgan fingerprint density at radius 2 is 1.73 bits per heavy atom. The maximum absolute atomic E-state index is 13.1. The molecule has 0 spiro atoms. The van der Waals surface area contributed by atoms with Crippen LogP contribution in [0.3, 0.4) is 0 Å². The van der Waals surface area contributed by atoms with Crippen molar-refractivity contribution in [2.24, 2.45) is 5.14 Å². The lowest BCUT2D eigenvalue weighted by atomic mass is 9.90. The molecule has 19 heteroatoms. The number of esters is 3. The Labute approximate surface area is 302 Å². The van der Waals surface area contributed by atoms with Gasteiger partial charge in [0.15, 0.2) is 0 Å². The van der Waals surface area contributed by atoms with Crippen molar-refractivity contribution in [3.05, 3.63) is 81.7 Å². The number of rotatable bonds is 13. The number of sulfonamides is 1. The number of carbonyl (C=O) groups excluding carboxylic acids is 4. The van der Waals surface area contributed by atoms with Crippen LogP contribution in [0.25, 0.3) is 0 Å². The summed E-state index contributed by atoms with van der Waals surface area (Å²) in [5.41, 5.74) is -0.741. The van der Waals surface area contributed by atoms with Crippen LogP contribution < -0.4 is 10.5 Å². The highest BCUT2D eigenvalue weighted by Gasteiger charge is 2.53. The number of hydrogen-bond donors (Lipinski definition) is 3. The number of nitrogens with two attached hydrogens (primary N) is 1. The SMILES string of the molecule is CC1N(C(=O)OCOC(=O)CC(=O)OCCOC(=O)c2cc(S(N)(=O)=O)c(Cl)cc2NCc2ccco2)C(C)(C)COC1(O)c1cccc(Cl)c1.